The molecule has 5 nitrogen and oxygen atoms in total. The van der Waals surface area contributed by atoms with Crippen molar-refractivity contribution in [3.05, 3.63) is 35.9 Å². The largest absolute Gasteiger partial charge is 0.394 e. The van der Waals surface area contributed by atoms with E-state index >= 15 is 0 Å². The predicted molar refractivity (Wildman–Crippen MR) is 69.0 cm³/mol. The highest BCUT2D eigenvalue weighted by molar-refractivity contribution is 5.81. The third-order valence-corrected chi connectivity index (χ3v) is 2.57. The van der Waals surface area contributed by atoms with Crippen LogP contribution in [0, 0.1) is 0 Å². The van der Waals surface area contributed by atoms with Crippen LogP contribution in [0.4, 0.5) is 0 Å². The van der Waals surface area contributed by atoms with Gasteiger partial charge in [-0.25, -0.2) is 0 Å². The van der Waals surface area contributed by atoms with Gasteiger partial charge in [0.15, 0.2) is 0 Å². The highest BCUT2D eigenvalue weighted by Crippen LogP contribution is 2.03. The number of aliphatic hydroxyl groups excluding tert-OH is 1. The lowest BCUT2D eigenvalue weighted by Crippen LogP contribution is -2.49. The molecule has 0 aromatic heterocycles. The highest BCUT2D eigenvalue weighted by atomic mass is 16.5. The fourth-order valence-electron chi connectivity index (χ4n) is 1.62. The standard InChI is InChI=1S/C13H20N2O3/c1-18-9-12(14)13(17)15-11(8-16)7-10-5-3-2-4-6-10/h2-6,11-12,16H,7-9,14H2,1H3,(H,15,17)/t11-,12?/m1/s1. The summed E-state index contributed by atoms with van der Waals surface area (Å²) in [4.78, 5) is 11.7. The number of benzene rings is 1. The molecule has 1 aromatic carbocycles. The molecule has 1 rings (SSSR count). The number of nitrogens with one attached hydrogen (secondary N) is 1. The Labute approximate surface area is 107 Å². The van der Waals surface area contributed by atoms with Crippen molar-refractivity contribution in [2.75, 3.05) is 20.3 Å². The number of amides is 1. The topological polar surface area (TPSA) is 84.6 Å². The van der Waals surface area contributed by atoms with E-state index in [4.69, 9.17) is 10.5 Å². The summed E-state index contributed by atoms with van der Waals surface area (Å²) in [6, 6.07) is 8.62. The summed E-state index contributed by atoms with van der Waals surface area (Å²) in [5, 5.41) is 12.0. The van der Waals surface area contributed by atoms with Gasteiger partial charge in [0.2, 0.25) is 5.91 Å². The van der Waals surface area contributed by atoms with Crippen LogP contribution in [-0.4, -0.2) is 43.4 Å². The van der Waals surface area contributed by atoms with Gasteiger partial charge in [-0.2, -0.15) is 0 Å². The average molecular weight is 252 g/mol. The van der Waals surface area contributed by atoms with E-state index in [-0.39, 0.29) is 25.2 Å². The summed E-state index contributed by atoms with van der Waals surface area (Å²) in [5.74, 6) is -0.313. The molecule has 0 spiro atoms. The van der Waals surface area contributed by atoms with E-state index in [1.165, 1.54) is 7.11 Å². The summed E-state index contributed by atoms with van der Waals surface area (Å²) in [6.07, 6.45) is 0.572. The molecule has 0 saturated carbocycles. The van der Waals surface area contributed by atoms with E-state index in [0.717, 1.165) is 5.56 Å². The number of carbonyl (C=O) groups is 1. The zero-order chi connectivity index (χ0) is 13.4. The molecule has 0 aliphatic heterocycles. The van der Waals surface area contributed by atoms with E-state index in [9.17, 15) is 9.90 Å². The van der Waals surface area contributed by atoms with Gasteiger partial charge in [0.25, 0.3) is 0 Å². The molecule has 0 aliphatic carbocycles. The Morgan fingerprint density at radius 3 is 2.67 bits per heavy atom. The van der Waals surface area contributed by atoms with Gasteiger partial charge in [0.05, 0.1) is 19.3 Å². The Hall–Kier alpha value is -1.43. The van der Waals surface area contributed by atoms with Crippen LogP contribution in [0.15, 0.2) is 30.3 Å². The van der Waals surface area contributed by atoms with Crippen LogP contribution in [0.5, 0.6) is 0 Å². The zero-order valence-corrected chi connectivity index (χ0v) is 10.5. The van der Waals surface area contributed by atoms with Crippen molar-refractivity contribution < 1.29 is 14.6 Å². The van der Waals surface area contributed by atoms with Gasteiger partial charge in [-0.1, -0.05) is 30.3 Å². The third kappa shape index (κ3) is 4.83. The Kier molecular flexibility index (Phi) is 6.35. The molecule has 1 amide bonds. The summed E-state index contributed by atoms with van der Waals surface area (Å²) < 4.78 is 4.81. The van der Waals surface area contributed by atoms with E-state index in [1.54, 1.807) is 0 Å². The maximum absolute atomic E-state index is 11.7. The fraction of sp³-hybridized carbons (Fsp3) is 0.462. The summed E-state index contributed by atoms with van der Waals surface area (Å²) >= 11 is 0. The zero-order valence-electron chi connectivity index (χ0n) is 10.5. The summed E-state index contributed by atoms with van der Waals surface area (Å²) in [5.41, 5.74) is 6.66. The molecule has 1 aromatic rings. The maximum atomic E-state index is 11.7. The summed E-state index contributed by atoms with van der Waals surface area (Å²) in [6.45, 7) is 0.0374. The fourth-order valence-corrected chi connectivity index (χ4v) is 1.62. The third-order valence-electron chi connectivity index (χ3n) is 2.57. The van der Waals surface area contributed by atoms with Crippen molar-refractivity contribution >= 4 is 5.91 Å². The normalized spacial score (nSPS) is 13.9. The number of carbonyl (C=O) groups excluding carboxylic acids is 1. The Morgan fingerprint density at radius 1 is 1.44 bits per heavy atom. The van der Waals surface area contributed by atoms with Gasteiger partial charge in [0, 0.05) is 7.11 Å². The number of nitrogens with two attached hydrogens (primary N) is 1. The molecule has 4 N–H and O–H groups in total. The van der Waals surface area contributed by atoms with Crippen LogP contribution in [0.2, 0.25) is 0 Å². The lowest BCUT2D eigenvalue weighted by atomic mass is 10.1. The van der Waals surface area contributed by atoms with Gasteiger partial charge < -0.3 is 20.9 Å². The number of hydrogen-bond donors (Lipinski definition) is 3. The first-order chi connectivity index (χ1) is 8.67. The number of ether oxygens (including phenoxy) is 1. The molecule has 5 heteroatoms. The molecule has 1 unspecified atom stereocenters. The van der Waals surface area contributed by atoms with Crippen LogP contribution < -0.4 is 11.1 Å². The van der Waals surface area contributed by atoms with Crippen LogP contribution in [0.25, 0.3) is 0 Å². The maximum Gasteiger partial charge on any atom is 0.239 e. The van der Waals surface area contributed by atoms with Crippen molar-refractivity contribution in [1.82, 2.24) is 5.32 Å². The molecular formula is C13H20N2O3. The molecular weight excluding hydrogens is 232 g/mol. The van der Waals surface area contributed by atoms with Crippen molar-refractivity contribution in [1.29, 1.82) is 0 Å². The van der Waals surface area contributed by atoms with Crippen LogP contribution in [0.3, 0.4) is 0 Å². The van der Waals surface area contributed by atoms with Gasteiger partial charge in [-0.15, -0.1) is 0 Å². The Morgan fingerprint density at radius 2 is 2.11 bits per heavy atom. The first-order valence-electron chi connectivity index (χ1n) is 5.87. The lowest BCUT2D eigenvalue weighted by Gasteiger charge is -2.19. The first-order valence-corrected chi connectivity index (χ1v) is 5.87. The minimum Gasteiger partial charge on any atom is -0.394 e. The number of methoxy groups -OCH3 is 1. The highest BCUT2D eigenvalue weighted by Gasteiger charge is 2.17. The predicted octanol–water partition coefficient (Wildman–Crippen LogP) is -0.320. The van der Waals surface area contributed by atoms with E-state index in [2.05, 4.69) is 5.32 Å². The Balaban J connectivity index is 2.49. The molecule has 2 atom stereocenters. The van der Waals surface area contributed by atoms with Crippen LogP contribution in [-0.2, 0) is 16.0 Å². The second-order valence-corrected chi connectivity index (χ2v) is 4.14. The van der Waals surface area contributed by atoms with E-state index in [0.29, 0.717) is 6.42 Å². The van der Waals surface area contributed by atoms with Crippen molar-refractivity contribution in [2.24, 2.45) is 5.73 Å². The molecule has 0 radical (unpaired) electrons. The first kappa shape index (κ1) is 14.6. The van der Waals surface area contributed by atoms with E-state index < -0.39 is 6.04 Å². The van der Waals surface area contributed by atoms with E-state index in [1.807, 2.05) is 30.3 Å². The SMILES string of the molecule is COCC(N)C(=O)N[C@@H](CO)Cc1ccccc1. The molecule has 100 valence electrons. The summed E-state index contributed by atoms with van der Waals surface area (Å²) in [7, 11) is 1.49. The molecule has 0 heterocycles. The van der Waals surface area contributed by atoms with Crippen LogP contribution >= 0.6 is 0 Å². The number of hydrogen-bond acceptors (Lipinski definition) is 4. The van der Waals surface area contributed by atoms with Gasteiger partial charge in [0.1, 0.15) is 6.04 Å². The number of rotatable bonds is 7. The molecule has 0 fully saturated rings. The number of aliphatic hydroxyl groups is 1. The molecule has 0 saturated heterocycles. The molecule has 0 bridgehead atoms. The lowest BCUT2D eigenvalue weighted by molar-refractivity contribution is -0.124. The average Bonchev–Trinajstić information content (AvgIpc) is 2.39. The van der Waals surface area contributed by atoms with Crippen molar-refractivity contribution in [3.8, 4) is 0 Å². The minimum atomic E-state index is -0.708. The minimum absolute atomic E-state index is 0.125. The van der Waals surface area contributed by atoms with Crippen molar-refractivity contribution in [3.63, 3.8) is 0 Å². The van der Waals surface area contributed by atoms with Gasteiger partial charge >= 0.3 is 0 Å². The van der Waals surface area contributed by atoms with Crippen LogP contribution in [0.1, 0.15) is 5.56 Å². The Bertz CT molecular complexity index is 357. The quantitative estimate of drug-likeness (QED) is 0.621. The van der Waals surface area contributed by atoms with Crippen molar-refractivity contribution in [2.45, 2.75) is 18.5 Å². The smallest absolute Gasteiger partial charge is 0.239 e. The molecule has 18 heavy (non-hydrogen) atoms. The van der Waals surface area contributed by atoms with Gasteiger partial charge in [-0.05, 0) is 12.0 Å². The monoisotopic (exact) mass is 252 g/mol. The van der Waals surface area contributed by atoms with Gasteiger partial charge in [-0.3, -0.25) is 4.79 Å². The second kappa shape index (κ2) is 7.81. The molecule has 0 aliphatic rings. The second-order valence-electron chi connectivity index (χ2n) is 4.14.